The summed E-state index contributed by atoms with van der Waals surface area (Å²) in [4.78, 5) is 12.5. The zero-order valence-electron chi connectivity index (χ0n) is 12.9. The van der Waals surface area contributed by atoms with Crippen LogP contribution < -0.4 is 10.1 Å². The molecule has 0 saturated heterocycles. The van der Waals surface area contributed by atoms with E-state index in [-0.39, 0.29) is 10.5 Å². The van der Waals surface area contributed by atoms with E-state index in [1.165, 1.54) is 19.2 Å². The van der Waals surface area contributed by atoms with E-state index >= 15 is 0 Å². The van der Waals surface area contributed by atoms with Gasteiger partial charge >= 0.3 is 0 Å². The number of carbonyl (C=O) groups is 1. The minimum Gasteiger partial charge on any atom is -0.497 e. The van der Waals surface area contributed by atoms with Crippen molar-refractivity contribution in [1.29, 1.82) is 0 Å². The van der Waals surface area contributed by atoms with Crippen molar-refractivity contribution in [3.63, 3.8) is 0 Å². The van der Waals surface area contributed by atoms with Crippen LogP contribution in [0.2, 0.25) is 5.02 Å². The molecule has 2 rings (SSSR count). The summed E-state index contributed by atoms with van der Waals surface area (Å²) in [6, 6.07) is 9.30. The first kappa shape index (κ1) is 17.3. The first-order valence-corrected chi connectivity index (χ1v) is 8.95. The minimum absolute atomic E-state index is 0.0880. The number of amides is 1. The lowest BCUT2D eigenvalue weighted by Gasteiger charge is -2.11. The van der Waals surface area contributed by atoms with Crippen LogP contribution in [0.15, 0.2) is 41.3 Å². The predicted molar refractivity (Wildman–Crippen MR) is 90.2 cm³/mol. The highest BCUT2D eigenvalue weighted by atomic mass is 35.5. The Morgan fingerprint density at radius 1 is 1.17 bits per heavy atom. The third kappa shape index (κ3) is 4.03. The van der Waals surface area contributed by atoms with Gasteiger partial charge in [-0.2, -0.15) is 0 Å². The third-order valence-electron chi connectivity index (χ3n) is 3.30. The van der Waals surface area contributed by atoms with E-state index in [9.17, 15) is 13.2 Å². The largest absolute Gasteiger partial charge is 0.497 e. The molecule has 0 aliphatic carbocycles. The van der Waals surface area contributed by atoms with E-state index in [4.69, 9.17) is 16.3 Å². The van der Waals surface area contributed by atoms with Gasteiger partial charge in [0.05, 0.1) is 22.7 Å². The molecule has 0 radical (unpaired) electrons. The highest BCUT2D eigenvalue weighted by Crippen LogP contribution is 2.27. The van der Waals surface area contributed by atoms with Crippen molar-refractivity contribution in [2.24, 2.45) is 0 Å². The molecule has 2 aromatic carbocycles. The SMILES string of the molecule is COc1ccc(Cl)c(NC(=O)c2cc(S(C)(=O)=O)ccc2C)c1. The number of benzene rings is 2. The third-order valence-corrected chi connectivity index (χ3v) is 4.74. The lowest BCUT2D eigenvalue weighted by molar-refractivity contribution is 0.102. The summed E-state index contributed by atoms with van der Waals surface area (Å²) < 4.78 is 28.4. The van der Waals surface area contributed by atoms with Gasteiger partial charge in [-0.3, -0.25) is 4.79 Å². The smallest absolute Gasteiger partial charge is 0.256 e. The standard InChI is InChI=1S/C16H16ClNO4S/c1-10-4-6-12(23(3,20)21)9-13(10)16(19)18-15-8-11(22-2)5-7-14(15)17/h4-9H,1-3H3,(H,18,19). The lowest BCUT2D eigenvalue weighted by atomic mass is 10.1. The van der Waals surface area contributed by atoms with Crippen molar-refractivity contribution < 1.29 is 17.9 Å². The van der Waals surface area contributed by atoms with Gasteiger partial charge in [0.25, 0.3) is 5.91 Å². The summed E-state index contributed by atoms with van der Waals surface area (Å²) in [5, 5.41) is 3.03. The Balaban J connectivity index is 2.38. The number of anilines is 1. The Morgan fingerprint density at radius 3 is 2.48 bits per heavy atom. The summed E-state index contributed by atoms with van der Waals surface area (Å²) in [7, 11) is -1.88. The molecule has 0 unspecified atom stereocenters. The molecule has 0 aliphatic heterocycles. The first-order chi connectivity index (χ1) is 10.7. The van der Waals surface area contributed by atoms with E-state index < -0.39 is 15.7 Å². The van der Waals surface area contributed by atoms with Gasteiger partial charge in [-0.1, -0.05) is 17.7 Å². The first-order valence-electron chi connectivity index (χ1n) is 6.68. The molecular weight excluding hydrogens is 338 g/mol. The van der Waals surface area contributed by atoms with E-state index in [1.807, 2.05) is 0 Å². The van der Waals surface area contributed by atoms with Crippen molar-refractivity contribution in [2.45, 2.75) is 11.8 Å². The number of methoxy groups -OCH3 is 1. The number of hydrogen-bond donors (Lipinski definition) is 1. The van der Waals surface area contributed by atoms with Crippen molar-refractivity contribution in [3.05, 3.63) is 52.5 Å². The highest BCUT2D eigenvalue weighted by molar-refractivity contribution is 7.90. The Kier molecular flexibility index (Phi) is 4.97. The topological polar surface area (TPSA) is 72.5 Å². The second kappa shape index (κ2) is 6.60. The van der Waals surface area contributed by atoms with Crippen LogP contribution >= 0.6 is 11.6 Å². The fraction of sp³-hybridized carbons (Fsp3) is 0.188. The maximum absolute atomic E-state index is 12.5. The summed E-state index contributed by atoms with van der Waals surface area (Å²) in [5.41, 5.74) is 1.32. The number of nitrogens with one attached hydrogen (secondary N) is 1. The Labute approximate surface area is 140 Å². The molecule has 0 fully saturated rings. The molecule has 0 atom stereocenters. The average Bonchev–Trinajstić information content (AvgIpc) is 2.48. The average molecular weight is 354 g/mol. The van der Waals surface area contributed by atoms with E-state index in [0.717, 1.165) is 6.26 Å². The van der Waals surface area contributed by atoms with Crippen LogP contribution in [-0.2, 0) is 9.84 Å². The summed E-state index contributed by atoms with van der Waals surface area (Å²) in [6.45, 7) is 1.73. The zero-order valence-corrected chi connectivity index (χ0v) is 14.5. The van der Waals surface area contributed by atoms with Gasteiger partial charge in [0, 0.05) is 17.9 Å². The van der Waals surface area contributed by atoms with Crippen LogP contribution in [-0.4, -0.2) is 27.7 Å². The lowest BCUT2D eigenvalue weighted by Crippen LogP contribution is -2.14. The number of carbonyl (C=O) groups excluding carboxylic acids is 1. The molecule has 0 heterocycles. The predicted octanol–water partition coefficient (Wildman–Crippen LogP) is 3.31. The van der Waals surface area contributed by atoms with Gasteiger partial charge in [-0.05, 0) is 36.8 Å². The fourth-order valence-electron chi connectivity index (χ4n) is 1.99. The van der Waals surface area contributed by atoms with Crippen molar-refractivity contribution in [2.75, 3.05) is 18.7 Å². The normalized spacial score (nSPS) is 11.1. The van der Waals surface area contributed by atoms with Crippen LogP contribution in [0.25, 0.3) is 0 Å². The molecule has 7 heteroatoms. The minimum atomic E-state index is -3.39. The molecule has 0 aliphatic rings. The number of aryl methyl sites for hydroxylation is 1. The molecule has 1 amide bonds. The number of sulfone groups is 1. The van der Waals surface area contributed by atoms with E-state index in [0.29, 0.717) is 22.0 Å². The molecule has 2 aromatic rings. The Bertz CT molecular complexity index is 862. The van der Waals surface area contributed by atoms with Gasteiger partial charge in [0.2, 0.25) is 0 Å². The van der Waals surface area contributed by atoms with E-state index in [1.54, 1.807) is 31.2 Å². The number of hydrogen-bond acceptors (Lipinski definition) is 4. The van der Waals surface area contributed by atoms with Crippen LogP contribution in [0.1, 0.15) is 15.9 Å². The second-order valence-electron chi connectivity index (χ2n) is 5.05. The molecule has 0 saturated carbocycles. The number of halogens is 1. The van der Waals surface area contributed by atoms with Gasteiger partial charge < -0.3 is 10.1 Å². The number of rotatable bonds is 4. The summed E-state index contributed by atoms with van der Waals surface area (Å²) in [6.07, 6.45) is 1.10. The van der Waals surface area contributed by atoms with Crippen LogP contribution in [0.3, 0.4) is 0 Å². The molecule has 0 spiro atoms. The maximum Gasteiger partial charge on any atom is 0.256 e. The molecule has 5 nitrogen and oxygen atoms in total. The zero-order chi connectivity index (χ0) is 17.2. The Morgan fingerprint density at radius 2 is 1.87 bits per heavy atom. The molecule has 1 N–H and O–H groups in total. The molecule has 23 heavy (non-hydrogen) atoms. The maximum atomic E-state index is 12.5. The highest BCUT2D eigenvalue weighted by Gasteiger charge is 2.16. The van der Waals surface area contributed by atoms with Gasteiger partial charge in [-0.15, -0.1) is 0 Å². The monoisotopic (exact) mass is 353 g/mol. The van der Waals surface area contributed by atoms with Gasteiger partial charge in [0.15, 0.2) is 9.84 Å². The molecule has 0 aromatic heterocycles. The number of ether oxygens (including phenoxy) is 1. The van der Waals surface area contributed by atoms with Gasteiger partial charge in [-0.25, -0.2) is 8.42 Å². The van der Waals surface area contributed by atoms with Crippen LogP contribution in [0, 0.1) is 6.92 Å². The quantitative estimate of drug-likeness (QED) is 0.915. The molecule has 0 bridgehead atoms. The fourth-order valence-corrected chi connectivity index (χ4v) is 2.81. The van der Waals surface area contributed by atoms with Crippen molar-refractivity contribution in [3.8, 4) is 5.75 Å². The summed E-state index contributed by atoms with van der Waals surface area (Å²) in [5.74, 6) is 0.106. The van der Waals surface area contributed by atoms with Crippen LogP contribution in [0.5, 0.6) is 5.75 Å². The second-order valence-corrected chi connectivity index (χ2v) is 7.47. The van der Waals surface area contributed by atoms with Crippen molar-refractivity contribution in [1.82, 2.24) is 0 Å². The van der Waals surface area contributed by atoms with Crippen molar-refractivity contribution >= 4 is 33.0 Å². The van der Waals surface area contributed by atoms with Crippen LogP contribution in [0.4, 0.5) is 5.69 Å². The molecule has 122 valence electrons. The molecular formula is C16H16ClNO4S. The van der Waals surface area contributed by atoms with Gasteiger partial charge in [0.1, 0.15) is 5.75 Å². The van der Waals surface area contributed by atoms with E-state index in [2.05, 4.69) is 5.32 Å². The summed E-state index contributed by atoms with van der Waals surface area (Å²) >= 11 is 6.06. The Hall–Kier alpha value is -2.05.